The zero-order chi connectivity index (χ0) is 12.5. The average molecular weight is 233 g/mol. The molecule has 0 fully saturated rings. The minimum Gasteiger partial charge on any atom is -0.342 e. The third-order valence-electron chi connectivity index (χ3n) is 2.96. The van der Waals surface area contributed by atoms with Gasteiger partial charge in [0.25, 0.3) is 11.7 Å². The van der Waals surface area contributed by atoms with Crippen molar-refractivity contribution in [3.8, 4) is 0 Å². The molecule has 1 aromatic carbocycles. The molecule has 0 unspecified atom stereocenters. The van der Waals surface area contributed by atoms with Crippen LogP contribution in [0.1, 0.15) is 5.56 Å². The van der Waals surface area contributed by atoms with Crippen LogP contribution in [-0.2, 0) is 20.1 Å². The second kappa shape index (κ2) is 4.31. The maximum atomic E-state index is 12.4. The quantitative estimate of drug-likeness (QED) is 0.586. The molecule has 2 rings (SSSR count). The molecule has 4 heteroatoms. The molecule has 0 aliphatic carbocycles. The number of nitrogens with zero attached hydrogens (tertiary/aromatic N) is 1. The number of rotatable bonds is 4. The van der Waals surface area contributed by atoms with Gasteiger partial charge in [-0.25, -0.2) is 0 Å². The lowest BCUT2D eigenvalue weighted by molar-refractivity contribution is -0.209. The Morgan fingerprint density at radius 2 is 2.00 bits per heavy atom. The van der Waals surface area contributed by atoms with E-state index in [-0.39, 0.29) is 5.91 Å². The largest absolute Gasteiger partial charge is 0.342 e. The standard InChI is InChI=1S/C13H15NO3/c1-4-9-14-11-8-6-5-7-10(11)13(16-2,17-3)12(14)15/h4-8H,1,9H2,2-3H3. The Kier molecular flexibility index (Phi) is 3.00. The van der Waals surface area contributed by atoms with Crippen molar-refractivity contribution in [3.05, 3.63) is 42.5 Å². The first-order chi connectivity index (χ1) is 8.21. The Balaban J connectivity index is 2.59. The highest BCUT2D eigenvalue weighted by Gasteiger charge is 2.52. The molecule has 0 spiro atoms. The van der Waals surface area contributed by atoms with E-state index in [4.69, 9.17) is 9.47 Å². The number of carbonyl (C=O) groups excluding carboxylic acids is 1. The Labute approximate surface area is 100 Å². The molecule has 1 aromatic rings. The summed E-state index contributed by atoms with van der Waals surface area (Å²) in [5.74, 6) is -1.54. The van der Waals surface area contributed by atoms with Crippen molar-refractivity contribution >= 4 is 11.6 Å². The zero-order valence-electron chi connectivity index (χ0n) is 9.97. The molecule has 0 bridgehead atoms. The van der Waals surface area contributed by atoms with Gasteiger partial charge in [-0.1, -0.05) is 24.3 Å². The molecule has 1 aliphatic rings. The predicted molar refractivity (Wildman–Crippen MR) is 64.7 cm³/mol. The van der Waals surface area contributed by atoms with E-state index in [0.29, 0.717) is 6.54 Å². The normalized spacial score (nSPS) is 17.1. The number of amides is 1. The molecule has 0 aromatic heterocycles. The fourth-order valence-corrected chi connectivity index (χ4v) is 2.18. The summed E-state index contributed by atoms with van der Waals surface area (Å²) < 4.78 is 10.6. The van der Waals surface area contributed by atoms with Gasteiger partial charge in [0.1, 0.15) is 0 Å². The molecule has 0 atom stereocenters. The molecule has 90 valence electrons. The highest BCUT2D eigenvalue weighted by molar-refractivity contribution is 6.06. The minimum atomic E-state index is -1.32. The number of carbonyl (C=O) groups is 1. The van der Waals surface area contributed by atoms with Crippen LogP contribution in [0.25, 0.3) is 0 Å². The Morgan fingerprint density at radius 1 is 1.35 bits per heavy atom. The summed E-state index contributed by atoms with van der Waals surface area (Å²) in [6.45, 7) is 4.09. The lowest BCUT2D eigenvalue weighted by Gasteiger charge is -2.24. The Bertz CT molecular complexity index is 452. The summed E-state index contributed by atoms with van der Waals surface area (Å²) in [5, 5.41) is 0. The maximum Gasteiger partial charge on any atom is 0.292 e. The second-order valence-corrected chi connectivity index (χ2v) is 3.75. The molecule has 1 heterocycles. The minimum absolute atomic E-state index is 0.219. The number of anilines is 1. The Hall–Kier alpha value is -1.65. The van der Waals surface area contributed by atoms with E-state index in [1.54, 1.807) is 11.0 Å². The van der Waals surface area contributed by atoms with E-state index in [1.807, 2.05) is 24.3 Å². The van der Waals surface area contributed by atoms with Crippen LogP contribution in [0.5, 0.6) is 0 Å². The highest BCUT2D eigenvalue weighted by Crippen LogP contribution is 2.42. The molecule has 0 saturated heterocycles. The SMILES string of the molecule is C=CCN1C(=O)C(OC)(OC)c2ccccc21. The van der Waals surface area contributed by atoms with Gasteiger partial charge in [0, 0.05) is 26.3 Å². The topological polar surface area (TPSA) is 38.8 Å². The van der Waals surface area contributed by atoms with Crippen molar-refractivity contribution in [2.75, 3.05) is 25.7 Å². The third kappa shape index (κ3) is 1.49. The average Bonchev–Trinajstić information content (AvgIpc) is 2.61. The van der Waals surface area contributed by atoms with Crippen LogP contribution in [-0.4, -0.2) is 26.7 Å². The first-order valence-electron chi connectivity index (χ1n) is 5.34. The molecule has 0 saturated carbocycles. The number of para-hydroxylation sites is 1. The van der Waals surface area contributed by atoms with Gasteiger partial charge in [0.05, 0.1) is 5.69 Å². The predicted octanol–water partition coefficient (Wildman–Crippen LogP) is 1.66. The lowest BCUT2D eigenvalue weighted by Crippen LogP contribution is -2.43. The fourth-order valence-electron chi connectivity index (χ4n) is 2.18. The number of fused-ring (bicyclic) bond motifs is 1. The van der Waals surface area contributed by atoms with Crippen molar-refractivity contribution in [2.24, 2.45) is 0 Å². The summed E-state index contributed by atoms with van der Waals surface area (Å²) in [7, 11) is 2.94. The summed E-state index contributed by atoms with van der Waals surface area (Å²) in [5.41, 5.74) is 1.54. The Morgan fingerprint density at radius 3 is 2.59 bits per heavy atom. The number of benzene rings is 1. The van der Waals surface area contributed by atoms with Gasteiger partial charge in [0.2, 0.25) is 0 Å². The molecule has 4 nitrogen and oxygen atoms in total. The van der Waals surface area contributed by atoms with Crippen molar-refractivity contribution in [2.45, 2.75) is 5.79 Å². The molecular formula is C13H15NO3. The van der Waals surface area contributed by atoms with Crippen LogP contribution in [0.3, 0.4) is 0 Å². The number of hydrogen-bond acceptors (Lipinski definition) is 3. The molecule has 1 aliphatic heterocycles. The van der Waals surface area contributed by atoms with Crippen molar-refractivity contribution in [1.29, 1.82) is 0 Å². The lowest BCUT2D eigenvalue weighted by atomic mass is 10.1. The molecule has 0 N–H and O–H groups in total. The van der Waals surface area contributed by atoms with Gasteiger partial charge >= 0.3 is 0 Å². The van der Waals surface area contributed by atoms with Gasteiger partial charge < -0.3 is 14.4 Å². The number of ether oxygens (including phenoxy) is 2. The molecule has 0 radical (unpaired) electrons. The third-order valence-corrected chi connectivity index (χ3v) is 2.96. The summed E-state index contributed by atoms with van der Waals surface area (Å²) >= 11 is 0. The van der Waals surface area contributed by atoms with Gasteiger partial charge in [-0.05, 0) is 6.07 Å². The monoisotopic (exact) mass is 233 g/mol. The highest BCUT2D eigenvalue weighted by atomic mass is 16.7. The van der Waals surface area contributed by atoms with E-state index in [0.717, 1.165) is 11.3 Å². The first-order valence-corrected chi connectivity index (χ1v) is 5.34. The summed E-state index contributed by atoms with van der Waals surface area (Å²) in [6, 6.07) is 7.44. The van der Waals surface area contributed by atoms with E-state index >= 15 is 0 Å². The molecular weight excluding hydrogens is 218 g/mol. The fraction of sp³-hybridized carbons (Fsp3) is 0.308. The van der Waals surface area contributed by atoms with Crippen LogP contribution in [0.2, 0.25) is 0 Å². The van der Waals surface area contributed by atoms with Crippen LogP contribution in [0, 0.1) is 0 Å². The van der Waals surface area contributed by atoms with Crippen molar-refractivity contribution < 1.29 is 14.3 Å². The van der Waals surface area contributed by atoms with E-state index in [1.165, 1.54) is 14.2 Å². The number of hydrogen-bond donors (Lipinski definition) is 0. The van der Waals surface area contributed by atoms with Crippen LogP contribution in [0.4, 0.5) is 5.69 Å². The first kappa shape index (κ1) is 11.8. The summed E-state index contributed by atoms with van der Waals surface area (Å²) in [4.78, 5) is 14.0. The van der Waals surface area contributed by atoms with Gasteiger partial charge in [-0.2, -0.15) is 0 Å². The van der Waals surface area contributed by atoms with E-state index < -0.39 is 5.79 Å². The van der Waals surface area contributed by atoms with E-state index in [9.17, 15) is 4.79 Å². The van der Waals surface area contributed by atoms with Crippen LogP contribution < -0.4 is 4.90 Å². The van der Waals surface area contributed by atoms with Gasteiger partial charge in [-0.15, -0.1) is 6.58 Å². The maximum absolute atomic E-state index is 12.4. The van der Waals surface area contributed by atoms with Crippen LogP contribution >= 0.6 is 0 Å². The van der Waals surface area contributed by atoms with Crippen molar-refractivity contribution in [3.63, 3.8) is 0 Å². The van der Waals surface area contributed by atoms with Crippen molar-refractivity contribution in [1.82, 2.24) is 0 Å². The van der Waals surface area contributed by atoms with Crippen LogP contribution in [0.15, 0.2) is 36.9 Å². The smallest absolute Gasteiger partial charge is 0.292 e. The summed E-state index contributed by atoms with van der Waals surface area (Å²) in [6.07, 6.45) is 1.68. The zero-order valence-corrected chi connectivity index (χ0v) is 9.97. The van der Waals surface area contributed by atoms with Gasteiger partial charge in [-0.3, -0.25) is 4.79 Å². The molecule has 17 heavy (non-hydrogen) atoms. The second-order valence-electron chi connectivity index (χ2n) is 3.75. The number of methoxy groups -OCH3 is 2. The molecule has 1 amide bonds. The van der Waals surface area contributed by atoms with E-state index in [2.05, 4.69) is 6.58 Å². The van der Waals surface area contributed by atoms with Gasteiger partial charge in [0.15, 0.2) is 0 Å².